The number of rotatable bonds is 5. The highest BCUT2D eigenvalue weighted by Crippen LogP contribution is 2.35. The predicted molar refractivity (Wildman–Crippen MR) is 98.8 cm³/mol. The van der Waals surface area contributed by atoms with E-state index >= 15 is 0 Å². The fraction of sp³-hybridized carbons (Fsp3) is 0.400. The van der Waals surface area contributed by atoms with Gasteiger partial charge in [0.25, 0.3) is 0 Å². The molecule has 0 saturated carbocycles. The number of aromatic nitrogens is 1. The largest absolute Gasteiger partial charge is 0.480 e. The average molecular weight is 369 g/mol. The van der Waals surface area contributed by atoms with Gasteiger partial charge in [0.05, 0.1) is 5.69 Å². The Kier molecular flexibility index (Phi) is 4.96. The lowest BCUT2D eigenvalue weighted by molar-refractivity contribution is -0.144. The lowest BCUT2D eigenvalue weighted by Crippen LogP contribution is -2.49. The van der Waals surface area contributed by atoms with E-state index < -0.39 is 12.0 Å². The Morgan fingerprint density at radius 3 is 2.70 bits per heavy atom. The van der Waals surface area contributed by atoms with Gasteiger partial charge in [0, 0.05) is 38.9 Å². The zero-order valence-corrected chi connectivity index (χ0v) is 15.3. The maximum absolute atomic E-state index is 12.0. The van der Waals surface area contributed by atoms with Gasteiger partial charge in [-0.15, -0.1) is 0 Å². The molecule has 1 aromatic carbocycles. The van der Waals surface area contributed by atoms with Crippen molar-refractivity contribution in [2.24, 2.45) is 0 Å². The number of hydrogen-bond acceptors (Lipinski definition) is 6. The van der Waals surface area contributed by atoms with Gasteiger partial charge in [-0.1, -0.05) is 12.1 Å². The first-order valence-corrected chi connectivity index (χ1v) is 9.11. The standard InChI is InChI=1S/C20H23N3O4/c1-14-3-2-6-21-16(14)12-22-7-9-23(10-8-22)19(20(24)25)15-4-5-17-18(11-15)27-13-26-17/h2-6,11,19H,7-10,12-13H2,1H3,(H,24,25)/t19-/m1/s1. The van der Waals surface area contributed by atoms with Crippen LogP contribution in [-0.2, 0) is 11.3 Å². The van der Waals surface area contributed by atoms with Crippen molar-refractivity contribution in [3.63, 3.8) is 0 Å². The fourth-order valence-corrected chi connectivity index (χ4v) is 3.67. The predicted octanol–water partition coefficient (Wildman–Crippen LogP) is 2.06. The van der Waals surface area contributed by atoms with Gasteiger partial charge in [0.2, 0.25) is 6.79 Å². The molecule has 0 amide bonds. The molecule has 1 atom stereocenters. The van der Waals surface area contributed by atoms with Crippen LogP contribution in [0.1, 0.15) is 22.9 Å². The van der Waals surface area contributed by atoms with Crippen LogP contribution in [0.25, 0.3) is 0 Å². The van der Waals surface area contributed by atoms with E-state index in [2.05, 4.69) is 22.9 Å². The Morgan fingerprint density at radius 1 is 1.19 bits per heavy atom. The molecule has 1 N–H and O–H groups in total. The minimum absolute atomic E-state index is 0.183. The third-order valence-corrected chi connectivity index (χ3v) is 5.21. The van der Waals surface area contributed by atoms with Crippen molar-refractivity contribution < 1.29 is 19.4 Å². The molecule has 0 radical (unpaired) electrons. The Hall–Kier alpha value is -2.64. The van der Waals surface area contributed by atoms with Gasteiger partial charge in [-0.05, 0) is 36.2 Å². The number of carboxylic acid groups (broad SMARTS) is 1. The number of carboxylic acids is 1. The van der Waals surface area contributed by atoms with E-state index in [-0.39, 0.29) is 6.79 Å². The number of aryl methyl sites for hydroxylation is 1. The molecule has 4 rings (SSSR count). The molecule has 1 fully saturated rings. The summed E-state index contributed by atoms with van der Waals surface area (Å²) in [5.41, 5.74) is 2.99. The number of benzene rings is 1. The Balaban J connectivity index is 1.43. The molecule has 142 valence electrons. The quantitative estimate of drug-likeness (QED) is 0.865. The maximum atomic E-state index is 12.0. The van der Waals surface area contributed by atoms with Crippen LogP contribution >= 0.6 is 0 Å². The number of nitrogens with zero attached hydrogens (tertiary/aromatic N) is 3. The second kappa shape index (κ2) is 7.54. The molecule has 0 bridgehead atoms. The summed E-state index contributed by atoms with van der Waals surface area (Å²) in [6, 6.07) is 8.71. The summed E-state index contributed by atoms with van der Waals surface area (Å²) < 4.78 is 10.7. The van der Waals surface area contributed by atoms with E-state index in [1.54, 1.807) is 12.1 Å². The van der Waals surface area contributed by atoms with E-state index in [0.29, 0.717) is 24.6 Å². The topological polar surface area (TPSA) is 75.1 Å². The second-order valence-electron chi connectivity index (χ2n) is 6.93. The van der Waals surface area contributed by atoms with Crippen molar-refractivity contribution in [3.8, 4) is 11.5 Å². The molecular weight excluding hydrogens is 346 g/mol. The van der Waals surface area contributed by atoms with Gasteiger partial charge in [-0.2, -0.15) is 0 Å². The Bertz CT molecular complexity index is 834. The molecule has 2 aromatic rings. The van der Waals surface area contributed by atoms with E-state index in [9.17, 15) is 9.90 Å². The molecule has 7 heteroatoms. The number of carbonyl (C=O) groups is 1. The summed E-state index contributed by atoms with van der Waals surface area (Å²) in [5.74, 6) is 0.435. The number of aliphatic carboxylic acids is 1. The number of hydrogen-bond donors (Lipinski definition) is 1. The van der Waals surface area contributed by atoms with Crippen molar-refractivity contribution in [1.29, 1.82) is 0 Å². The summed E-state index contributed by atoms with van der Waals surface area (Å²) in [6.07, 6.45) is 1.82. The van der Waals surface area contributed by atoms with E-state index in [1.807, 2.05) is 23.2 Å². The molecular formula is C20H23N3O4. The van der Waals surface area contributed by atoms with Gasteiger partial charge >= 0.3 is 5.97 Å². The zero-order valence-electron chi connectivity index (χ0n) is 15.3. The van der Waals surface area contributed by atoms with E-state index in [0.717, 1.165) is 30.9 Å². The van der Waals surface area contributed by atoms with Crippen LogP contribution in [0.5, 0.6) is 11.5 Å². The summed E-state index contributed by atoms with van der Waals surface area (Å²) in [6.45, 7) is 6.05. The van der Waals surface area contributed by atoms with E-state index in [1.165, 1.54) is 5.56 Å². The van der Waals surface area contributed by atoms with Crippen molar-refractivity contribution >= 4 is 5.97 Å². The number of fused-ring (bicyclic) bond motifs is 1. The highest BCUT2D eigenvalue weighted by molar-refractivity contribution is 5.76. The first kappa shape index (κ1) is 17.8. The lowest BCUT2D eigenvalue weighted by Gasteiger charge is -2.37. The van der Waals surface area contributed by atoms with Crippen LogP contribution in [0.3, 0.4) is 0 Å². The summed E-state index contributed by atoms with van der Waals surface area (Å²) in [4.78, 5) is 20.8. The van der Waals surface area contributed by atoms with Crippen molar-refractivity contribution in [3.05, 3.63) is 53.3 Å². The molecule has 0 unspecified atom stereocenters. The first-order chi connectivity index (χ1) is 13.1. The molecule has 3 heterocycles. The molecule has 2 aliphatic heterocycles. The summed E-state index contributed by atoms with van der Waals surface area (Å²) in [5, 5.41) is 9.83. The van der Waals surface area contributed by atoms with Crippen LogP contribution in [-0.4, -0.2) is 58.8 Å². The third kappa shape index (κ3) is 3.74. The fourth-order valence-electron chi connectivity index (χ4n) is 3.67. The molecule has 1 aromatic heterocycles. The second-order valence-corrected chi connectivity index (χ2v) is 6.93. The smallest absolute Gasteiger partial charge is 0.325 e. The monoisotopic (exact) mass is 369 g/mol. The average Bonchev–Trinajstić information content (AvgIpc) is 3.13. The first-order valence-electron chi connectivity index (χ1n) is 9.11. The minimum Gasteiger partial charge on any atom is -0.480 e. The molecule has 0 aliphatic carbocycles. The SMILES string of the molecule is Cc1cccnc1CN1CCN([C@@H](C(=O)O)c2ccc3c(c2)OCO3)CC1. The summed E-state index contributed by atoms with van der Waals surface area (Å²) in [7, 11) is 0. The number of pyridine rings is 1. The molecule has 2 aliphatic rings. The van der Waals surface area contributed by atoms with Crippen LogP contribution < -0.4 is 9.47 Å². The van der Waals surface area contributed by atoms with Crippen LogP contribution in [0.2, 0.25) is 0 Å². The normalized spacial score (nSPS) is 18.4. The van der Waals surface area contributed by atoms with Gasteiger partial charge in [-0.25, -0.2) is 0 Å². The van der Waals surface area contributed by atoms with Crippen molar-refractivity contribution in [2.75, 3.05) is 33.0 Å². The highest BCUT2D eigenvalue weighted by Gasteiger charge is 2.31. The molecule has 0 spiro atoms. The van der Waals surface area contributed by atoms with Crippen molar-refractivity contribution in [1.82, 2.24) is 14.8 Å². The number of piperazine rings is 1. The van der Waals surface area contributed by atoms with Crippen LogP contribution in [0, 0.1) is 6.92 Å². The van der Waals surface area contributed by atoms with E-state index in [4.69, 9.17) is 9.47 Å². The van der Waals surface area contributed by atoms with Crippen LogP contribution in [0.15, 0.2) is 36.5 Å². The Morgan fingerprint density at radius 2 is 1.96 bits per heavy atom. The van der Waals surface area contributed by atoms with Gasteiger partial charge < -0.3 is 14.6 Å². The minimum atomic E-state index is -0.845. The maximum Gasteiger partial charge on any atom is 0.325 e. The molecule has 1 saturated heterocycles. The molecule has 7 nitrogen and oxygen atoms in total. The molecule has 27 heavy (non-hydrogen) atoms. The third-order valence-electron chi connectivity index (χ3n) is 5.21. The Labute approximate surface area is 158 Å². The summed E-state index contributed by atoms with van der Waals surface area (Å²) >= 11 is 0. The number of ether oxygens (including phenoxy) is 2. The van der Waals surface area contributed by atoms with Crippen molar-refractivity contribution in [2.45, 2.75) is 19.5 Å². The van der Waals surface area contributed by atoms with Gasteiger partial charge in [0.1, 0.15) is 6.04 Å². The van der Waals surface area contributed by atoms with Gasteiger partial charge in [0.15, 0.2) is 11.5 Å². The highest BCUT2D eigenvalue weighted by atomic mass is 16.7. The zero-order chi connectivity index (χ0) is 18.8. The van der Waals surface area contributed by atoms with Crippen LogP contribution in [0.4, 0.5) is 0 Å². The lowest BCUT2D eigenvalue weighted by atomic mass is 10.0. The van der Waals surface area contributed by atoms with Gasteiger partial charge in [-0.3, -0.25) is 19.6 Å².